The lowest BCUT2D eigenvalue weighted by atomic mass is 10.3. The largest absolute Gasteiger partial charge is 0.506 e. The van der Waals surface area contributed by atoms with Crippen molar-refractivity contribution in [3.8, 4) is 5.75 Å². The minimum Gasteiger partial charge on any atom is -0.506 e. The molecule has 0 bridgehead atoms. The Labute approximate surface area is 123 Å². The third-order valence-corrected chi connectivity index (χ3v) is 4.27. The van der Waals surface area contributed by atoms with E-state index in [1.54, 1.807) is 6.07 Å². The third-order valence-electron chi connectivity index (χ3n) is 2.07. The Hall–Kier alpha value is -1.31. The molecule has 5 nitrogen and oxygen atoms in total. The number of amides is 1. The maximum Gasteiger partial charge on any atom is 0.234 e. The van der Waals surface area contributed by atoms with E-state index in [4.69, 9.17) is 11.6 Å². The van der Waals surface area contributed by atoms with E-state index in [9.17, 15) is 9.90 Å². The topological polar surface area (TPSA) is 75.1 Å². The summed E-state index contributed by atoms with van der Waals surface area (Å²) in [6.45, 7) is 1.85. The van der Waals surface area contributed by atoms with Crippen molar-refractivity contribution in [1.82, 2.24) is 10.2 Å². The average Bonchev–Trinajstić information content (AvgIpc) is 2.77. The number of rotatable bonds is 4. The van der Waals surface area contributed by atoms with E-state index in [2.05, 4.69) is 15.5 Å². The number of phenolic OH excluding ortho intramolecular Hbond substituents is 1. The first kappa shape index (κ1) is 14.1. The molecule has 2 aromatic rings. The van der Waals surface area contributed by atoms with Gasteiger partial charge in [-0.2, -0.15) is 0 Å². The number of aryl methyl sites for hydroxylation is 1. The fourth-order valence-corrected chi connectivity index (χ4v) is 3.05. The first-order valence-corrected chi connectivity index (χ1v) is 7.44. The average molecular weight is 316 g/mol. The van der Waals surface area contributed by atoms with Crippen molar-refractivity contribution in [1.29, 1.82) is 0 Å². The summed E-state index contributed by atoms with van der Waals surface area (Å²) in [6.07, 6.45) is 0. The fraction of sp³-hybridized carbons (Fsp3) is 0.182. The number of carbonyl (C=O) groups excluding carboxylic acids is 1. The molecule has 0 spiro atoms. The van der Waals surface area contributed by atoms with Crippen molar-refractivity contribution in [3.05, 3.63) is 28.2 Å². The molecule has 1 amide bonds. The minimum atomic E-state index is -0.240. The molecule has 0 radical (unpaired) electrons. The van der Waals surface area contributed by atoms with Gasteiger partial charge in [-0.1, -0.05) is 34.7 Å². The van der Waals surface area contributed by atoms with Gasteiger partial charge in [0.15, 0.2) is 4.34 Å². The zero-order chi connectivity index (χ0) is 13.8. The van der Waals surface area contributed by atoms with Gasteiger partial charge in [-0.15, -0.1) is 10.2 Å². The number of aromatic hydroxyl groups is 1. The van der Waals surface area contributed by atoms with Crippen LogP contribution in [0.1, 0.15) is 5.01 Å². The molecule has 1 aromatic carbocycles. The summed E-state index contributed by atoms with van der Waals surface area (Å²) in [6, 6.07) is 4.47. The van der Waals surface area contributed by atoms with Crippen molar-refractivity contribution in [2.45, 2.75) is 11.3 Å². The maximum absolute atomic E-state index is 11.7. The third kappa shape index (κ3) is 4.09. The number of benzene rings is 1. The Kier molecular flexibility index (Phi) is 4.62. The molecule has 0 fully saturated rings. The molecule has 8 heteroatoms. The lowest BCUT2D eigenvalue weighted by Gasteiger charge is -2.06. The van der Waals surface area contributed by atoms with E-state index in [1.807, 2.05) is 6.92 Å². The Balaban J connectivity index is 1.92. The Morgan fingerprint density at radius 1 is 1.53 bits per heavy atom. The van der Waals surface area contributed by atoms with Gasteiger partial charge in [-0.25, -0.2) is 0 Å². The molecule has 0 atom stereocenters. The van der Waals surface area contributed by atoms with E-state index in [-0.39, 0.29) is 17.4 Å². The van der Waals surface area contributed by atoms with Gasteiger partial charge in [-0.05, 0) is 25.1 Å². The molecule has 0 aliphatic heterocycles. The molecule has 100 valence electrons. The molecule has 1 heterocycles. The van der Waals surface area contributed by atoms with Crippen molar-refractivity contribution >= 4 is 46.3 Å². The van der Waals surface area contributed by atoms with E-state index < -0.39 is 0 Å². The standard InChI is InChI=1S/C11H10ClN3O2S2/c1-6-14-15-11(19-6)18-5-10(17)13-8-4-7(12)2-3-9(8)16/h2-4,16H,5H2,1H3,(H,13,17). The normalized spacial score (nSPS) is 10.4. The molecule has 0 aliphatic rings. The van der Waals surface area contributed by atoms with Crippen molar-refractivity contribution in [3.63, 3.8) is 0 Å². The lowest BCUT2D eigenvalue weighted by molar-refractivity contribution is -0.113. The summed E-state index contributed by atoms with van der Waals surface area (Å²) >= 11 is 8.52. The van der Waals surface area contributed by atoms with Gasteiger partial charge >= 0.3 is 0 Å². The van der Waals surface area contributed by atoms with Gasteiger partial charge in [0, 0.05) is 5.02 Å². The summed E-state index contributed by atoms with van der Waals surface area (Å²) in [5.41, 5.74) is 0.298. The molecule has 0 aliphatic carbocycles. The SMILES string of the molecule is Cc1nnc(SCC(=O)Nc2cc(Cl)ccc2O)s1. The number of carbonyl (C=O) groups is 1. The number of hydrogen-bond donors (Lipinski definition) is 2. The van der Waals surface area contributed by atoms with Crippen molar-refractivity contribution in [2.24, 2.45) is 0 Å². The second-order valence-corrected chi connectivity index (χ2v) is 6.43. The van der Waals surface area contributed by atoms with Gasteiger partial charge in [0.25, 0.3) is 0 Å². The van der Waals surface area contributed by atoms with E-state index in [0.29, 0.717) is 10.7 Å². The van der Waals surface area contributed by atoms with Crippen molar-refractivity contribution < 1.29 is 9.90 Å². The summed E-state index contributed by atoms with van der Waals surface area (Å²) in [5.74, 6) is -0.0643. The fourth-order valence-electron chi connectivity index (χ4n) is 1.26. The van der Waals surface area contributed by atoms with E-state index in [1.165, 1.54) is 35.2 Å². The highest BCUT2D eigenvalue weighted by Gasteiger charge is 2.09. The molecule has 0 saturated carbocycles. The van der Waals surface area contributed by atoms with Gasteiger partial charge in [0.2, 0.25) is 5.91 Å². The highest BCUT2D eigenvalue weighted by Crippen LogP contribution is 2.27. The molecule has 0 saturated heterocycles. The Morgan fingerprint density at radius 3 is 3.00 bits per heavy atom. The van der Waals surface area contributed by atoms with Gasteiger partial charge < -0.3 is 10.4 Å². The number of phenols is 1. The maximum atomic E-state index is 11.7. The molecule has 2 N–H and O–H groups in total. The van der Waals surface area contributed by atoms with Crippen molar-refractivity contribution in [2.75, 3.05) is 11.1 Å². The lowest BCUT2D eigenvalue weighted by Crippen LogP contribution is -2.14. The molecule has 0 unspecified atom stereocenters. The van der Waals surface area contributed by atoms with Crippen LogP contribution >= 0.6 is 34.7 Å². The monoisotopic (exact) mass is 315 g/mol. The summed E-state index contributed by atoms with van der Waals surface area (Å²) in [7, 11) is 0. The zero-order valence-electron chi connectivity index (χ0n) is 9.88. The quantitative estimate of drug-likeness (QED) is 0.670. The van der Waals surface area contributed by atoms with Crippen LogP contribution < -0.4 is 5.32 Å². The summed E-state index contributed by atoms with van der Waals surface area (Å²) < 4.78 is 0.739. The van der Waals surface area contributed by atoms with E-state index >= 15 is 0 Å². The molecular formula is C11H10ClN3O2S2. The molecular weight excluding hydrogens is 306 g/mol. The first-order valence-electron chi connectivity index (χ1n) is 5.26. The molecule has 2 rings (SSSR count). The molecule has 19 heavy (non-hydrogen) atoms. The van der Waals surface area contributed by atoms with Crippen LogP contribution in [0.3, 0.4) is 0 Å². The minimum absolute atomic E-state index is 0.0190. The Morgan fingerprint density at radius 2 is 2.32 bits per heavy atom. The number of halogens is 1. The van der Waals surface area contributed by atoms with Gasteiger partial charge in [-0.3, -0.25) is 4.79 Å². The number of anilines is 1. The number of nitrogens with zero attached hydrogens (tertiary/aromatic N) is 2. The molecule has 1 aromatic heterocycles. The van der Waals surface area contributed by atoms with E-state index in [0.717, 1.165) is 9.35 Å². The second-order valence-electron chi connectivity index (χ2n) is 3.59. The number of thioether (sulfide) groups is 1. The predicted molar refractivity (Wildman–Crippen MR) is 77.1 cm³/mol. The zero-order valence-corrected chi connectivity index (χ0v) is 12.3. The Bertz CT molecular complexity index is 603. The number of nitrogens with one attached hydrogen (secondary N) is 1. The predicted octanol–water partition coefficient (Wildman–Crippen LogP) is 2.94. The van der Waals surface area contributed by atoms with Gasteiger partial charge in [0.1, 0.15) is 10.8 Å². The first-order chi connectivity index (χ1) is 9.04. The van der Waals surface area contributed by atoms with Crippen LogP contribution in [-0.4, -0.2) is 27.0 Å². The smallest absolute Gasteiger partial charge is 0.234 e. The van der Waals surface area contributed by atoms with Crippen LogP contribution in [0.5, 0.6) is 5.75 Å². The van der Waals surface area contributed by atoms with Crippen LogP contribution in [-0.2, 0) is 4.79 Å². The highest BCUT2D eigenvalue weighted by molar-refractivity contribution is 8.01. The number of hydrogen-bond acceptors (Lipinski definition) is 6. The summed E-state index contributed by atoms with van der Waals surface area (Å²) in [4.78, 5) is 11.7. The second kappa shape index (κ2) is 6.23. The van der Waals surface area contributed by atoms with Gasteiger partial charge in [0.05, 0.1) is 11.4 Å². The highest BCUT2D eigenvalue weighted by atomic mass is 35.5. The van der Waals surface area contributed by atoms with Crippen LogP contribution in [0, 0.1) is 6.92 Å². The van der Waals surface area contributed by atoms with Crippen LogP contribution in [0.15, 0.2) is 22.5 Å². The summed E-state index contributed by atoms with van der Waals surface area (Å²) in [5, 5.41) is 21.2. The van der Waals surface area contributed by atoms with Crippen LogP contribution in [0.2, 0.25) is 5.02 Å². The van der Waals surface area contributed by atoms with Crippen LogP contribution in [0.4, 0.5) is 5.69 Å². The number of aromatic nitrogens is 2. The van der Waals surface area contributed by atoms with Crippen LogP contribution in [0.25, 0.3) is 0 Å².